The van der Waals surface area contributed by atoms with E-state index in [9.17, 15) is 23.1 Å². The number of sulfonamides is 1. The minimum Gasteiger partial charge on any atom is -0.490 e. The Labute approximate surface area is 311 Å². The standard InChI is InChI=1S/C38H49ClN4O8S/c1-37(2)35(45)40-52(47,48)29-9-12-34-32(22-29)43(24-38(25-49-34)13-3-5-26-21-28(39)8-11-31(26)38)23-27-7-10-30(27)33(6-4-20-50-37)51-36(46)42-16-14-41(15-17-42)18-19-44/h4,6,8-9,11-12,21-22,27,30,33,44H,3,5,7,10,13-20,23-25H2,1-2H3,(H,40,45)/t27-,30+,33-,38-/m0/s1. The first-order chi connectivity index (χ1) is 24.9. The number of hydrogen-bond acceptors (Lipinski definition) is 10. The van der Waals surface area contributed by atoms with Gasteiger partial charge in [0, 0.05) is 62.2 Å². The number of fused-ring (bicyclic) bond motifs is 4. The van der Waals surface area contributed by atoms with Gasteiger partial charge in [-0.05, 0) is 99.4 Å². The van der Waals surface area contributed by atoms with Crippen LogP contribution in [0.4, 0.5) is 10.5 Å². The summed E-state index contributed by atoms with van der Waals surface area (Å²) in [6.07, 6.45) is 7.25. The van der Waals surface area contributed by atoms with Gasteiger partial charge in [0.1, 0.15) is 17.5 Å². The van der Waals surface area contributed by atoms with E-state index < -0.39 is 27.6 Å². The first kappa shape index (κ1) is 37.0. The number of nitrogens with one attached hydrogen (secondary N) is 1. The molecule has 282 valence electrons. The van der Waals surface area contributed by atoms with Crippen molar-refractivity contribution in [1.82, 2.24) is 14.5 Å². The monoisotopic (exact) mass is 756 g/mol. The molecule has 1 saturated carbocycles. The van der Waals surface area contributed by atoms with Crippen LogP contribution in [0.25, 0.3) is 0 Å². The van der Waals surface area contributed by atoms with Gasteiger partial charge in [-0.15, -0.1) is 0 Å². The summed E-state index contributed by atoms with van der Waals surface area (Å²) in [5, 5.41) is 10.0. The molecule has 2 aromatic carbocycles. The van der Waals surface area contributed by atoms with E-state index in [0.29, 0.717) is 68.9 Å². The summed E-state index contributed by atoms with van der Waals surface area (Å²) in [6.45, 7) is 7.66. The third kappa shape index (κ3) is 7.52. The van der Waals surface area contributed by atoms with Gasteiger partial charge in [-0.1, -0.05) is 23.7 Å². The fraction of sp³-hybridized carbons (Fsp3) is 0.579. The van der Waals surface area contributed by atoms with Crippen LogP contribution < -0.4 is 14.4 Å². The number of nitrogens with zero attached hydrogens (tertiary/aromatic N) is 3. The highest BCUT2D eigenvalue weighted by Gasteiger charge is 2.45. The molecule has 5 aliphatic rings. The summed E-state index contributed by atoms with van der Waals surface area (Å²) < 4.78 is 48.3. The van der Waals surface area contributed by atoms with Gasteiger partial charge in [0.15, 0.2) is 0 Å². The Hall–Kier alpha value is -3.36. The van der Waals surface area contributed by atoms with E-state index in [1.165, 1.54) is 31.0 Å². The molecule has 1 spiro atoms. The molecule has 14 heteroatoms. The van der Waals surface area contributed by atoms with Crippen LogP contribution in [-0.4, -0.2) is 113 Å². The molecule has 2 N–H and O–H groups in total. The van der Waals surface area contributed by atoms with Crippen molar-refractivity contribution in [2.45, 2.75) is 68.0 Å². The third-order valence-corrected chi connectivity index (χ3v) is 13.2. The molecule has 1 saturated heterocycles. The number of carbonyl (C=O) groups excluding carboxylic acids is 2. The Kier molecular flexibility index (Phi) is 10.5. The molecule has 4 atom stereocenters. The van der Waals surface area contributed by atoms with Crippen molar-refractivity contribution in [3.05, 3.63) is 64.7 Å². The highest BCUT2D eigenvalue weighted by molar-refractivity contribution is 7.90. The maximum atomic E-state index is 13.7. The number of rotatable bonds is 3. The number of halogens is 1. The zero-order chi connectivity index (χ0) is 36.7. The smallest absolute Gasteiger partial charge is 0.410 e. The predicted molar refractivity (Wildman–Crippen MR) is 196 cm³/mol. The maximum absolute atomic E-state index is 13.7. The summed E-state index contributed by atoms with van der Waals surface area (Å²) in [7, 11) is -4.25. The van der Waals surface area contributed by atoms with E-state index in [1.54, 1.807) is 23.1 Å². The molecular weight excluding hydrogens is 708 g/mol. The molecule has 2 amide bonds. The van der Waals surface area contributed by atoms with Crippen LogP contribution in [-0.2, 0) is 36.1 Å². The number of ether oxygens (including phenoxy) is 3. The topological polar surface area (TPSA) is 138 Å². The maximum Gasteiger partial charge on any atom is 0.410 e. The largest absolute Gasteiger partial charge is 0.490 e. The lowest BCUT2D eigenvalue weighted by molar-refractivity contribution is -0.139. The quantitative estimate of drug-likeness (QED) is 0.440. The van der Waals surface area contributed by atoms with E-state index in [2.05, 4.69) is 20.6 Å². The molecule has 7 rings (SSSR count). The number of piperazine rings is 1. The average molecular weight is 757 g/mol. The second-order valence-corrected chi connectivity index (χ2v) is 17.4. The fourth-order valence-corrected chi connectivity index (χ4v) is 9.69. The van der Waals surface area contributed by atoms with Gasteiger partial charge in [0.05, 0.1) is 30.4 Å². The van der Waals surface area contributed by atoms with Crippen molar-refractivity contribution < 1.29 is 37.3 Å². The van der Waals surface area contributed by atoms with Crippen molar-refractivity contribution in [3.8, 4) is 5.75 Å². The normalized spacial score (nSPS) is 28.8. The lowest BCUT2D eigenvalue weighted by Crippen LogP contribution is -2.52. The second-order valence-electron chi connectivity index (χ2n) is 15.3. The summed E-state index contributed by atoms with van der Waals surface area (Å²) in [4.78, 5) is 32.9. The molecule has 2 fully saturated rings. The van der Waals surface area contributed by atoms with E-state index >= 15 is 0 Å². The zero-order valence-electron chi connectivity index (χ0n) is 29.9. The van der Waals surface area contributed by atoms with Crippen LogP contribution in [0.3, 0.4) is 0 Å². The van der Waals surface area contributed by atoms with Gasteiger partial charge in [0.2, 0.25) is 0 Å². The van der Waals surface area contributed by atoms with Crippen LogP contribution in [0.5, 0.6) is 5.75 Å². The van der Waals surface area contributed by atoms with Crippen molar-refractivity contribution in [1.29, 1.82) is 0 Å². The Morgan fingerprint density at radius 2 is 1.92 bits per heavy atom. The highest BCUT2D eigenvalue weighted by Crippen LogP contribution is 2.47. The lowest BCUT2D eigenvalue weighted by Gasteiger charge is -2.46. The number of aryl methyl sites for hydroxylation is 1. The fourth-order valence-electron chi connectivity index (χ4n) is 8.37. The molecule has 3 aliphatic heterocycles. The van der Waals surface area contributed by atoms with Gasteiger partial charge in [-0.2, -0.15) is 0 Å². The van der Waals surface area contributed by atoms with Gasteiger partial charge >= 0.3 is 6.09 Å². The Morgan fingerprint density at radius 3 is 2.67 bits per heavy atom. The van der Waals surface area contributed by atoms with Gasteiger partial charge in [-0.25, -0.2) is 17.9 Å². The first-order valence-electron chi connectivity index (χ1n) is 18.3. The van der Waals surface area contributed by atoms with Crippen LogP contribution in [0, 0.1) is 11.8 Å². The Morgan fingerprint density at radius 1 is 1.12 bits per heavy atom. The molecule has 0 unspecified atom stereocenters. The molecule has 52 heavy (non-hydrogen) atoms. The highest BCUT2D eigenvalue weighted by atomic mass is 35.5. The number of benzene rings is 2. The molecular formula is C38H49ClN4O8S. The molecule has 2 aliphatic carbocycles. The van der Waals surface area contributed by atoms with Gasteiger partial charge in [-0.3, -0.25) is 9.69 Å². The summed E-state index contributed by atoms with van der Waals surface area (Å²) in [5.74, 6) is -0.0830. The molecule has 0 aromatic heterocycles. The van der Waals surface area contributed by atoms with Crippen LogP contribution in [0.15, 0.2) is 53.4 Å². The Balaban J connectivity index is 1.24. The van der Waals surface area contributed by atoms with Crippen LogP contribution >= 0.6 is 11.6 Å². The van der Waals surface area contributed by atoms with E-state index in [1.807, 2.05) is 18.2 Å². The number of β-amino-alcohol motifs (C(OH)–C–C–N with tert-alkyl or cyclic N) is 1. The Bertz CT molecular complexity index is 1810. The van der Waals surface area contributed by atoms with Crippen LogP contribution in [0.1, 0.15) is 50.7 Å². The van der Waals surface area contributed by atoms with Crippen molar-refractivity contribution in [3.63, 3.8) is 0 Å². The summed E-state index contributed by atoms with van der Waals surface area (Å²) in [6, 6.07) is 10.8. The summed E-state index contributed by atoms with van der Waals surface area (Å²) in [5.41, 5.74) is 1.21. The third-order valence-electron chi connectivity index (χ3n) is 11.6. The van der Waals surface area contributed by atoms with Crippen molar-refractivity contribution >= 4 is 39.3 Å². The number of aliphatic hydroxyl groups is 1. The molecule has 3 heterocycles. The summed E-state index contributed by atoms with van der Waals surface area (Å²) >= 11 is 6.45. The minimum atomic E-state index is -4.25. The minimum absolute atomic E-state index is 0.00743. The predicted octanol–water partition coefficient (Wildman–Crippen LogP) is 4.12. The molecule has 2 bridgehead atoms. The molecule has 0 radical (unpaired) electrons. The van der Waals surface area contributed by atoms with Crippen molar-refractivity contribution in [2.24, 2.45) is 11.8 Å². The van der Waals surface area contributed by atoms with E-state index in [-0.39, 0.29) is 41.5 Å². The SMILES string of the molecule is CC1(C)OCC=C[C@H](OC(=O)N2CCN(CCO)CC2)[C@@H]2CC[C@H]2CN2C[C@@]3(CCCc4cc(Cl)ccc43)COc3ccc(cc32)S(=O)(=O)NC1=O. The van der Waals surface area contributed by atoms with E-state index in [4.69, 9.17) is 25.8 Å². The van der Waals surface area contributed by atoms with Gasteiger partial charge in [0.25, 0.3) is 15.9 Å². The molecule has 12 nitrogen and oxygen atoms in total. The van der Waals surface area contributed by atoms with Crippen molar-refractivity contribution in [2.75, 3.05) is 70.5 Å². The van der Waals surface area contributed by atoms with Gasteiger partial charge < -0.3 is 29.1 Å². The number of anilines is 1. The zero-order valence-corrected chi connectivity index (χ0v) is 31.5. The second kappa shape index (κ2) is 14.8. The molecule has 2 aromatic rings. The lowest BCUT2D eigenvalue weighted by atomic mass is 9.68. The number of carbonyl (C=O) groups is 2. The average Bonchev–Trinajstić information content (AvgIpc) is 3.25. The van der Waals surface area contributed by atoms with Crippen LogP contribution in [0.2, 0.25) is 5.02 Å². The number of aliphatic hydroxyl groups excluding tert-OH is 1. The first-order valence-corrected chi connectivity index (χ1v) is 20.2. The number of hydrogen-bond donors (Lipinski definition) is 2. The van der Waals surface area contributed by atoms with E-state index in [0.717, 1.165) is 32.1 Å². The number of amides is 2.